The van der Waals surface area contributed by atoms with E-state index >= 15 is 0 Å². The molecule has 2 saturated heterocycles. The van der Waals surface area contributed by atoms with Gasteiger partial charge in [0.25, 0.3) is 0 Å². The lowest BCUT2D eigenvalue weighted by molar-refractivity contribution is -0.152. The van der Waals surface area contributed by atoms with E-state index in [9.17, 15) is 14.7 Å². The highest BCUT2D eigenvalue weighted by Crippen LogP contribution is 2.35. The van der Waals surface area contributed by atoms with Crippen LogP contribution in [-0.2, 0) is 4.79 Å². The molecule has 5 heteroatoms. The molecule has 2 fully saturated rings. The standard InChI is InChI=1S/C14H24N2O3/c1-2-6-14(12(17)18)7-5-10-16(11-14)13(19)15-8-3-4-9-15/h2-11H2,1H3,(H,17,18). The number of rotatable bonds is 3. The highest BCUT2D eigenvalue weighted by atomic mass is 16.4. The van der Waals surface area contributed by atoms with Crippen LogP contribution in [0.3, 0.4) is 0 Å². The third-order valence-corrected chi connectivity index (χ3v) is 4.41. The van der Waals surface area contributed by atoms with E-state index in [-0.39, 0.29) is 6.03 Å². The van der Waals surface area contributed by atoms with Crippen molar-refractivity contribution < 1.29 is 14.7 Å². The van der Waals surface area contributed by atoms with Crippen molar-refractivity contribution >= 4 is 12.0 Å². The number of hydrogen-bond donors (Lipinski definition) is 1. The molecule has 0 spiro atoms. The quantitative estimate of drug-likeness (QED) is 0.853. The van der Waals surface area contributed by atoms with Crippen LogP contribution < -0.4 is 0 Å². The summed E-state index contributed by atoms with van der Waals surface area (Å²) in [6.45, 7) is 4.73. The first kappa shape index (κ1) is 14.2. The predicted molar refractivity (Wildman–Crippen MR) is 72.0 cm³/mol. The molecule has 1 unspecified atom stereocenters. The lowest BCUT2D eigenvalue weighted by Gasteiger charge is -2.41. The first-order chi connectivity index (χ1) is 9.09. The smallest absolute Gasteiger partial charge is 0.320 e. The van der Waals surface area contributed by atoms with Gasteiger partial charge in [0.15, 0.2) is 0 Å². The molecule has 1 N–H and O–H groups in total. The fraction of sp³-hybridized carbons (Fsp3) is 0.857. The molecule has 2 aliphatic heterocycles. The maximum absolute atomic E-state index is 12.4. The first-order valence-electron chi connectivity index (χ1n) is 7.36. The Balaban J connectivity index is 2.06. The molecule has 2 heterocycles. The number of carbonyl (C=O) groups is 2. The van der Waals surface area contributed by atoms with Crippen molar-refractivity contribution in [3.05, 3.63) is 0 Å². The van der Waals surface area contributed by atoms with Crippen LogP contribution in [0.15, 0.2) is 0 Å². The summed E-state index contributed by atoms with van der Waals surface area (Å²) in [6.07, 6.45) is 5.13. The van der Waals surface area contributed by atoms with Crippen LogP contribution in [-0.4, -0.2) is 53.1 Å². The molecule has 2 amide bonds. The van der Waals surface area contributed by atoms with E-state index in [0.717, 1.165) is 38.8 Å². The van der Waals surface area contributed by atoms with E-state index in [1.165, 1.54) is 0 Å². The van der Waals surface area contributed by atoms with Crippen LogP contribution in [0.4, 0.5) is 4.79 Å². The molecule has 5 nitrogen and oxygen atoms in total. The number of carboxylic acids is 1. The number of nitrogens with zero attached hydrogens (tertiary/aromatic N) is 2. The molecule has 0 aromatic heterocycles. The second-order valence-corrected chi connectivity index (χ2v) is 5.84. The molecule has 0 bridgehead atoms. The zero-order valence-corrected chi connectivity index (χ0v) is 11.7. The highest BCUT2D eigenvalue weighted by Gasteiger charge is 2.43. The van der Waals surface area contributed by atoms with Gasteiger partial charge in [-0.05, 0) is 32.1 Å². The Bertz CT molecular complexity index is 349. The molecule has 1 atom stereocenters. The number of urea groups is 1. The summed E-state index contributed by atoms with van der Waals surface area (Å²) >= 11 is 0. The van der Waals surface area contributed by atoms with Gasteiger partial charge in [0.05, 0.1) is 5.41 Å². The number of piperidine rings is 1. The van der Waals surface area contributed by atoms with Crippen molar-refractivity contribution in [3.8, 4) is 0 Å². The van der Waals surface area contributed by atoms with Crippen LogP contribution >= 0.6 is 0 Å². The summed E-state index contributed by atoms with van der Waals surface area (Å²) in [4.78, 5) is 27.6. The Morgan fingerprint density at radius 3 is 2.32 bits per heavy atom. The maximum Gasteiger partial charge on any atom is 0.320 e. The van der Waals surface area contributed by atoms with Gasteiger partial charge in [0, 0.05) is 26.2 Å². The predicted octanol–water partition coefficient (Wildman–Crippen LogP) is 2.17. The van der Waals surface area contributed by atoms with E-state index in [1.807, 2.05) is 11.8 Å². The molecule has 0 aliphatic carbocycles. The Hall–Kier alpha value is -1.26. The van der Waals surface area contributed by atoms with Gasteiger partial charge >= 0.3 is 12.0 Å². The van der Waals surface area contributed by atoms with Crippen molar-refractivity contribution in [2.75, 3.05) is 26.2 Å². The lowest BCUT2D eigenvalue weighted by atomic mass is 9.76. The Morgan fingerprint density at radius 2 is 1.74 bits per heavy atom. The van der Waals surface area contributed by atoms with E-state index in [2.05, 4.69) is 0 Å². The Kier molecular flexibility index (Phi) is 4.32. The molecule has 19 heavy (non-hydrogen) atoms. The minimum atomic E-state index is -0.742. The van der Waals surface area contributed by atoms with Gasteiger partial charge in [0.1, 0.15) is 0 Å². The lowest BCUT2D eigenvalue weighted by Crippen LogP contribution is -2.53. The zero-order chi connectivity index (χ0) is 13.9. The zero-order valence-electron chi connectivity index (χ0n) is 11.7. The fourth-order valence-electron chi connectivity index (χ4n) is 3.37. The van der Waals surface area contributed by atoms with Crippen molar-refractivity contribution in [3.63, 3.8) is 0 Å². The highest BCUT2D eigenvalue weighted by molar-refractivity contribution is 5.79. The van der Waals surface area contributed by atoms with E-state index in [1.54, 1.807) is 4.90 Å². The summed E-state index contributed by atoms with van der Waals surface area (Å²) in [7, 11) is 0. The summed E-state index contributed by atoms with van der Waals surface area (Å²) < 4.78 is 0. The van der Waals surface area contributed by atoms with Crippen LogP contribution in [0.25, 0.3) is 0 Å². The molecule has 2 aliphatic rings. The van der Waals surface area contributed by atoms with E-state index < -0.39 is 11.4 Å². The third kappa shape index (κ3) is 2.85. The minimum Gasteiger partial charge on any atom is -0.481 e. The van der Waals surface area contributed by atoms with Crippen molar-refractivity contribution in [1.82, 2.24) is 9.80 Å². The molecule has 0 aromatic carbocycles. The molecule has 0 saturated carbocycles. The van der Waals surface area contributed by atoms with E-state index in [0.29, 0.717) is 25.9 Å². The summed E-state index contributed by atoms with van der Waals surface area (Å²) in [5, 5.41) is 9.53. The molecule has 0 aromatic rings. The third-order valence-electron chi connectivity index (χ3n) is 4.41. The fourth-order valence-corrected chi connectivity index (χ4v) is 3.37. The number of amides is 2. The molecular weight excluding hydrogens is 244 g/mol. The van der Waals surface area contributed by atoms with Crippen LogP contribution in [0.2, 0.25) is 0 Å². The van der Waals surface area contributed by atoms with Gasteiger partial charge in [-0.3, -0.25) is 4.79 Å². The van der Waals surface area contributed by atoms with Gasteiger partial charge in [-0.1, -0.05) is 13.3 Å². The van der Waals surface area contributed by atoms with Crippen LogP contribution in [0, 0.1) is 5.41 Å². The van der Waals surface area contributed by atoms with E-state index in [4.69, 9.17) is 0 Å². The molecule has 0 radical (unpaired) electrons. The van der Waals surface area contributed by atoms with Crippen LogP contribution in [0.5, 0.6) is 0 Å². The Morgan fingerprint density at radius 1 is 1.11 bits per heavy atom. The SMILES string of the molecule is CCCC1(C(=O)O)CCCN(C(=O)N2CCCC2)C1. The number of carbonyl (C=O) groups excluding carboxylic acids is 1. The molecule has 108 valence electrons. The molecule has 2 rings (SSSR count). The average Bonchev–Trinajstić information content (AvgIpc) is 2.92. The largest absolute Gasteiger partial charge is 0.481 e. The number of aliphatic carboxylic acids is 1. The van der Waals surface area contributed by atoms with Gasteiger partial charge < -0.3 is 14.9 Å². The van der Waals surface area contributed by atoms with Gasteiger partial charge in [-0.15, -0.1) is 0 Å². The summed E-state index contributed by atoms with van der Waals surface area (Å²) in [5.41, 5.74) is -0.720. The van der Waals surface area contributed by atoms with Crippen LogP contribution in [0.1, 0.15) is 45.4 Å². The Labute approximate surface area is 114 Å². The number of carboxylic acid groups (broad SMARTS) is 1. The number of likely N-dealkylation sites (tertiary alicyclic amines) is 2. The molecular formula is C14H24N2O3. The number of hydrogen-bond acceptors (Lipinski definition) is 2. The van der Waals surface area contributed by atoms with Gasteiger partial charge in [-0.2, -0.15) is 0 Å². The maximum atomic E-state index is 12.4. The summed E-state index contributed by atoms with van der Waals surface area (Å²) in [5.74, 6) is -0.742. The normalized spacial score (nSPS) is 27.6. The monoisotopic (exact) mass is 268 g/mol. The van der Waals surface area contributed by atoms with Crippen molar-refractivity contribution in [2.45, 2.75) is 45.4 Å². The van der Waals surface area contributed by atoms with Gasteiger partial charge in [-0.25, -0.2) is 4.79 Å². The first-order valence-corrected chi connectivity index (χ1v) is 7.36. The summed E-state index contributed by atoms with van der Waals surface area (Å²) in [6, 6.07) is 0.0407. The second-order valence-electron chi connectivity index (χ2n) is 5.84. The van der Waals surface area contributed by atoms with Gasteiger partial charge in [0.2, 0.25) is 0 Å². The van der Waals surface area contributed by atoms with Crippen molar-refractivity contribution in [1.29, 1.82) is 0 Å². The minimum absolute atomic E-state index is 0.0407. The topological polar surface area (TPSA) is 60.9 Å². The second kappa shape index (κ2) is 5.80. The average molecular weight is 268 g/mol. The van der Waals surface area contributed by atoms with Crippen molar-refractivity contribution in [2.24, 2.45) is 5.41 Å².